The molecule has 0 atom stereocenters. The van der Waals surface area contributed by atoms with E-state index in [-0.39, 0.29) is 5.91 Å². The molecule has 1 fully saturated rings. The molecule has 1 aliphatic rings. The summed E-state index contributed by atoms with van der Waals surface area (Å²) in [5.74, 6) is 0.678. The van der Waals surface area contributed by atoms with Crippen LogP contribution in [0.3, 0.4) is 0 Å². The van der Waals surface area contributed by atoms with Crippen molar-refractivity contribution in [3.63, 3.8) is 0 Å². The summed E-state index contributed by atoms with van der Waals surface area (Å²) in [6, 6.07) is 16.3. The Hall–Kier alpha value is -4.59. The number of nitrogens with zero attached hydrogens (tertiary/aromatic N) is 6. The van der Waals surface area contributed by atoms with Crippen molar-refractivity contribution in [1.29, 1.82) is 0 Å². The third-order valence-corrected chi connectivity index (χ3v) is 6.46. The van der Waals surface area contributed by atoms with E-state index in [1.807, 2.05) is 24.4 Å². The number of rotatable bonds is 5. The highest BCUT2D eigenvalue weighted by molar-refractivity contribution is 6.08. The lowest BCUT2D eigenvalue weighted by molar-refractivity contribution is -0.114. The summed E-state index contributed by atoms with van der Waals surface area (Å²) < 4.78 is 1.76. The first-order chi connectivity index (χ1) is 17.0. The number of nitrogens with one attached hydrogen (secondary N) is 1. The number of aryl methyl sites for hydroxylation is 1. The maximum atomic E-state index is 12.4. The SMILES string of the molecule is C=C1CCN(c2ccc3ncnc(Nc4ccc(Cc5ccn6ncnc6c5)c(C)c4)c3c2)C1=O. The molecule has 3 aromatic heterocycles. The number of pyridine rings is 1. The fourth-order valence-corrected chi connectivity index (χ4v) is 4.50. The van der Waals surface area contributed by atoms with Gasteiger partial charge in [-0.2, -0.15) is 5.10 Å². The van der Waals surface area contributed by atoms with Crippen molar-refractivity contribution >= 4 is 39.6 Å². The van der Waals surface area contributed by atoms with Crippen LogP contribution in [0.1, 0.15) is 23.1 Å². The molecular formula is C27H23N7O. The van der Waals surface area contributed by atoms with Crippen molar-refractivity contribution in [2.75, 3.05) is 16.8 Å². The zero-order valence-electron chi connectivity index (χ0n) is 19.3. The average Bonchev–Trinajstić information content (AvgIpc) is 3.47. The molecule has 8 nitrogen and oxygen atoms in total. The second-order valence-corrected chi connectivity index (χ2v) is 8.77. The van der Waals surface area contributed by atoms with Gasteiger partial charge in [0.25, 0.3) is 5.91 Å². The van der Waals surface area contributed by atoms with Crippen molar-refractivity contribution in [3.05, 3.63) is 96.2 Å². The van der Waals surface area contributed by atoms with E-state index in [2.05, 4.69) is 69.2 Å². The number of anilines is 3. The van der Waals surface area contributed by atoms with Crippen LogP contribution < -0.4 is 10.2 Å². The molecule has 0 aliphatic carbocycles. The van der Waals surface area contributed by atoms with E-state index >= 15 is 0 Å². The molecule has 0 bridgehead atoms. The third kappa shape index (κ3) is 3.89. The Kier molecular flexibility index (Phi) is 4.99. The zero-order valence-corrected chi connectivity index (χ0v) is 19.3. The highest BCUT2D eigenvalue weighted by Gasteiger charge is 2.25. The van der Waals surface area contributed by atoms with E-state index in [9.17, 15) is 4.79 Å². The number of fused-ring (bicyclic) bond motifs is 2. The first-order valence-corrected chi connectivity index (χ1v) is 11.4. The highest BCUT2D eigenvalue weighted by Crippen LogP contribution is 2.31. The van der Waals surface area contributed by atoms with E-state index in [4.69, 9.17) is 0 Å². The Balaban J connectivity index is 1.27. The number of amides is 1. The molecule has 2 aromatic carbocycles. The third-order valence-electron chi connectivity index (χ3n) is 6.46. The summed E-state index contributed by atoms with van der Waals surface area (Å²) in [6.07, 6.45) is 6.54. The number of hydrogen-bond acceptors (Lipinski definition) is 6. The molecule has 0 saturated carbocycles. The van der Waals surface area contributed by atoms with Crippen molar-refractivity contribution in [1.82, 2.24) is 24.6 Å². The molecule has 0 radical (unpaired) electrons. The van der Waals surface area contributed by atoms with Crippen LogP contribution in [0.5, 0.6) is 0 Å². The maximum Gasteiger partial charge on any atom is 0.253 e. The van der Waals surface area contributed by atoms with Gasteiger partial charge in [-0.05, 0) is 78.9 Å². The van der Waals surface area contributed by atoms with Crippen LogP contribution in [-0.2, 0) is 11.2 Å². The molecule has 4 heterocycles. The summed E-state index contributed by atoms with van der Waals surface area (Å²) in [5.41, 5.74) is 7.67. The summed E-state index contributed by atoms with van der Waals surface area (Å²) in [7, 11) is 0. The van der Waals surface area contributed by atoms with Gasteiger partial charge in [-0.25, -0.2) is 19.5 Å². The lowest BCUT2D eigenvalue weighted by atomic mass is 10.0. The summed E-state index contributed by atoms with van der Waals surface area (Å²) in [6.45, 7) is 6.62. The van der Waals surface area contributed by atoms with Crippen LogP contribution in [0.2, 0.25) is 0 Å². The quantitative estimate of drug-likeness (QED) is 0.385. The van der Waals surface area contributed by atoms with Crippen LogP contribution in [0.15, 0.2) is 79.5 Å². The molecule has 5 aromatic rings. The normalized spacial score (nSPS) is 13.8. The number of carbonyl (C=O) groups is 1. The Labute approximate surface area is 202 Å². The molecule has 0 spiro atoms. The highest BCUT2D eigenvalue weighted by atomic mass is 16.2. The van der Waals surface area contributed by atoms with Gasteiger partial charge in [0.2, 0.25) is 0 Å². The van der Waals surface area contributed by atoms with Gasteiger partial charge in [-0.15, -0.1) is 0 Å². The van der Waals surface area contributed by atoms with Crippen LogP contribution >= 0.6 is 0 Å². The molecular weight excluding hydrogens is 438 g/mol. The van der Waals surface area contributed by atoms with Gasteiger partial charge in [0.05, 0.1) is 5.52 Å². The van der Waals surface area contributed by atoms with Gasteiger partial charge in [0.1, 0.15) is 18.5 Å². The van der Waals surface area contributed by atoms with Crippen molar-refractivity contribution in [2.24, 2.45) is 0 Å². The molecule has 1 N–H and O–H groups in total. The fourth-order valence-electron chi connectivity index (χ4n) is 4.50. The Morgan fingerprint density at radius 2 is 1.94 bits per heavy atom. The first kappa shape index (κ1) is 21.0. The Morgan fingerprint density at radius 3 is 2.77 bits per heavy atom. The minimum atomic E-state index is -0.0231. The first-order valence-electron chi connectivity index (χ1n) is 11.4. The minimum absolute atomic E-state index is 0.0231. The van der Waals surface area contributed by atoms with Gasteiger partial charge >= 0.3 is 0 Å². The van der Waals surface area contributed by atoms with E-state index in [0.717, 1.165) is 34.3 Å². The average molecular weight is 462 g/mol. The standard InChI is InChI=1S/C27H23N7O/c1-17-7-9-33(27(17)35)22-5-6-24-23(14-22)26(30-15-28-24)32-21-4-3-20(18(2)11-21)12-19-8-10-34-25(13-19)29-16-31-34/h3-6,8,10-11,13-16H,1,7,9,12H2,2H3,(H,28,30,32). The molecule has 8 heteroatoms. The Bertz CT molecular complexity index is 1620. The van der Waals surface area contributed by atoms with Crippen LogP contribution in [0, 0.1) is 6.92 Å². The minimum Gasteiger partial charge on any atom is -0.340 e. The Morgan fingerprint density at radius 1 is 1.03 bits per heavy atom. The predicted octanol–water partition coefficient (Wildman–Crippen LogP) is 4.61. The van der Waals surface area contributed by atoms with Gasteiger partial charge in [0.15, 0.2) is 5.65 Å². The summed E-state index contributed by atoms with van der Waals surface area (Å²) in [5, 5.41) is 8.46. The van der Waals surface area contributed by atoms with Gasteiger partial charge in [0, 0.05) is 35.1 Å². The molecule has 1 aliphatic heterocycles. The predicted molar refractivity (Wildman–Crippen MR) is 136 cm³/mol. The second kappa shape index (κ2) is 8.32. The number of carbonyl (C=O) groups excluding carboxylic acids is 1. The molecule has 35 heavy (non-hydrogen) atoms. The number of benzene rings is 2. The van der Waals surface area contributed by atoms with Gasteiger partial charge in [-0.1, -0.05) is 12.6 Å². The zero-order chi connectivity index (χ0) is 23.9. The largest absolute Gasteiger partial charge is 0.340 e. The maximum absolute atomic E-state index is 12.4. The van der Waals surface area contributed by atoms with Crippen molar-refractivity contribution < 1.29 is 4.79 Å². The van der Waals surface area contributed by atoms with E-state index < -0.39 is 0 Å². The van der Waals surface area contributed by atoms with Crippen LogP contribution in [0.25, 0.3) is 16.6 Å². The molecule has 1 saturated heterocycles. The lowest BCUT2D eigenvalue weighted by Gasteiger charge is -2.17. The smallest absolute Gasteiger partial charge is 0.253 e. The topological polar surface area (TPSA) is 88.3 Å². The lowest BCUT2D eigenvalue weighted by Crippen LogP contribution is -2.24. The van der Waals surface area contributed by atoms with E-state index in [1.165, 1.54) is 16.7 Å². The van der Waals surface area contributed by atoms with E-state index in [0.29, 0.717) is 24.4 Å². The van der Waals surface area contributed by atoms with Gasteiger partial charge in [-0.3, -0.25) is 4.79 Å². The second-order valence-electron chi connectivity index (χ2n) is 8.77. The number of aromatic nitrogens is 5. The molecule has 1 amide bonds. The van der Waals surface area contributed by atoms with Gasteiger partial charge < -0.3 is 10.2 Å². The summed E-state index contributed by atoms with van der Waals surface area (Å²) >= 11 is 0. The molecule has 0 unspecified atom stereocenters. The molecule has 6 rings (SSSR count). The van der Waals surface area contributed by atoms with Crippen LogP contribution in [0.4, 0.5) is 17.2 Å². The van der Waals surface area contributed by atoms with Crippen molar-refractivity contribution in [3.8, 4) is 0 Å². The van der Waals surface area contributed by atoms with E-state index in [1.54, 1.807) is 22.1 Å². The fraction of sp³-hybridized carbons (Fsp3) is 0.148. The summed E-state index contributed by atoms with van der Waals surface area (Å²) in [4.78, 5) is 27.4. The molecule has 172 valence electrons. The van der Waals surface area contributed by atoms with Crippen LogP contribution in [-0.4, -0.2) is 37.0 Å². The monoisotopic (exact) mass is 461 g/mol. The van der Waals surface area contributed by atoms with Crippen molar-refractivity contribution in [2.45, 2.75) is 19.8 Å². The number of hydrogen-bond donors (Lipinski definition) is 1.